The number of nitrogens with zero attached hydrogens (tertiary/aromatic N) is 3. The van der Waals surface area contributed by atoms with Crippen LogP contribution in [0.4, 0.5) is 5.82 Å². The fraction of sp³-hybridized carbons (Fsp3) is 0.407. The molecule has 1 N–H and O–H groups in total. The van der Waals surface area contributed by atoms with Crippen LogP contribution < -0.4 is 5.32 Å². The summed E-state index contributed by atoms with van der Waals surface area (Å²) in [6.07, 6.45) is 3.12. The van der Waals surface area contributed by atoms with Crippen LogP contribution in [-0.2, 0) is 22.5 Å². The smallest absolute Gasteiger partial charge is 0.239 e. The Hall–Kier alpha value is -2.92. The van der Waals surface area contributed by atoms with Gasteiger partial charge in [-0.2, -0.15) is 5.26 Å². The Bertz CT molecular complexity index is 1220. The van der Waals surface area contributed by atoms with Crippen LogP contribution in [0.15, 0.2) is 41.8 Å². The van der Waals surface area contributed by atoms with E-state index in [4.69, 9.17) is 4.74 Å². The van der Waals surface area contributed by atoms with E-state index in [-0.39, 0.29) is 24.6 Å². The molecule has 2 aliphatic rings. The van der Waals surface area contributed by atoms with Gasteiger partial charge in [0, 0.05) is 23.7 Å². The minimum Gasteiger partial charge on any atom is -0.376 e. The van der Waals surface area contributed by atoms with Gasteiger partial charge in [0.25, 0.3) is 0 Å². The second-order valence-corrected chi connectivity index (χ2v) is 10.2. The average Bonchev–Trinajstić information content (AvgIpc) is 3.58. The summed E-state index contributed by atoms with van der Waals surface area (Å²) in [6.45, 7) is 6.47. The Labute approximate surface area is 204 Å². The van der Waals surface area contributed by atoms with Crippen LogP contribution in [0.3, 0.4) is 0 Å². The summed E-state index contributed by atoms with van der Waals surface area (Å²) in [5, 5.41) is 15.1. The van der Waals surface area contributed by atoms with E-state index in [0.29, 0.717) is 17.9 Å². The van der Waals surface area contributed by atoms with E-state index in [0.717, 1.165) is 43.7 Å². The van der Waals surface area contributed by atoms with Crippen molar-refractivity contribution in [1.29, 1.82) is 5.26 Å². The van der Waals surface area contributed by atoms with Gasteiger partial charge in [-0.1, -0.05) is 30.3 Å². The lowest BCUT2D eigenvalue weighted by Crippen LogP contribution is -2.41. The maximum atomic E-state index is 13.4. The van der Waals surface area contributed by atoms with Crippen LogP contribution in [-0.4, -0.2) is 41.2 Å². The largest absolute Gasteiger partial charge is 0.376 e. The molecule has 1 saturated heterocycles. The Morgan fingerprint density at radius 1 is 1.26 bits per heavy atom. The van der Waals surface area contributed by atoms with E-state index in [1.807, 2.05) is 19.9 Å². The Balaban J connectivity index is 1.40. The maximum Gasteiger partial charge on any atom is 0.239 e. The zero-order valence-corrected chi connectivity index (χ0v) is 20.5. The fourth-order valence-corrected chi connectivity index (χ4v) is 6.17. The molecule has 6 nitrogen and oxygen atoms in total. The van der Waals surface area contributed by atoms with Crippen LogP contribution in [0.5, 0.6) is 0 Å². The highest BCUT2D eigenvalue weighted by molar-refractivity contribution is 7.10. The van der Waals surface area contributed by atoms with E-state index >= 15 is 0 Å². The zero-order valence-electron chi connectivity index (χ0n) is 19.7. The van der Waals surface area contributed by atoms with E-state index in [1.165, 1.54) is 16.0 Å². The number of ether oxygens (including phenoxy) is 1. The summed E-state index contributed by atoms with van der Waals surface area (Å²) in [7, 11) is 0. The third-order valence-electron chi connectivity index (χ3n) is 7.14. The van der Waals surface area contributed by atoms with Crippen LogP contribution in [0.2, 0.25) is 0 Å². The summed E-state index contributed by atoms with van der Waals surface area (Å²) >= 11 is 1.80. The third-order valence-corrected chi connectivity index (χ3v) is 8.13. The van der Waals surface area contributed by atoms with E-state index < -0.39 is 0 Å². The van der Waals surface area contributed by atoms with Crippen molar-refractivity contribution in [2.75, 3.05) is 25.0 Å². The van der Waals surface area contributed by atoms with Gasteiger partial charge >= 0.3 is 0 Å². The number of carbonyl (C=O) groups excluding carboxylic acids is 1. The first-order valence-corrected chi connectivity index (χ1v) is 12.8. The van der Waals surface area contributed by atoms with Crippen molar-refractivity contribution in [2.45, 2.75) is 51.8 Å². The second kappa shape index (κ2) is 9.75. The molecule has 0 saturated carbocycles. The number of aromatic nitrogens is 1. The Kier molecular flexibility index (Phi) is 6.55. The number of nitrogens with one attached hydrogen (secondary N) is 1. The molecule has 0 bridgehead atoms. The molecule has 0 radical (unpaired) electrons. The van der Waals surface area contributed by atoms with Gasteiger partial charge < -0.3 is 14.6 Å². The second-order valence-electron chi connectivity index (χ2n) is 9.17. The highest BCUT2D eigenvalue weighted by Gasteiger charge is 2.31. The van der Waals surface area contributed by atoms with Crippen molar-refractivity contribution in [3.8, 4) is 6.07 Å². The number of amides is 1. The highest BCUT2D eigenvalue weighted by Crippen LogP contribution is 2.37. The van der Waals surface area contributed by atoms with Gasteiger partial charge in [-0.25, -0.2) is 0 Å². The van der Waals surface area contributed by atoms with Crippen LogP contribution in [0.1, 0.15) is 51.7 Å². The van der Waals surface area contributed by atoms with Crippen molar-refractivity contribution in [2.24, 2.45) is 0 Å². The number of hydrogen-bond acceptors (Lipinski definition) is 5. The molecular weight excluding hydrogens is 444 g/mol. The Morgan fingerprint density at radius 2 is 2.09 bits per heavy atom. The monoisotopic (exact) mass is 474 g/mol. The normalized spacial score (nSPS) is 20.1. The van der Waals surface area contributed by atoms with Gasteiger partial charge in [0.15, 0.2) is 0 Å². The first-order valence-electron chi connectivity index (χ1n) is 11.9. The van der Waals surface area contributed by atoms with Gasteiger partial charge in [0.1, 0.15) is 11.9 Å². The number of fused-ring (bicyclic) bond motifs is 1. The van der Waals surface area contributed by atoms with Crippen molar-refractivity contribution < 1.29 is 9.53 Å². The molecule has 2 aliphatic heterocycles. The SMILES string of the molecule is Cc1c(C#N)c(NC(=O)CN2CCc3sccc3[C@H]2c2ccccc2)n(C[C@H]2CCCO2)c1C. The highest BCUT2D eigenvalue weighted by atomic mass is 32.1. The van der Waals surface area contributed by atoms with Gasteiger partial charge in [-0.3, -0.25) is 9.69 Å². The lowest BCUT2D eigenvalue weighted by Gasteiger charge is -2.35. The van der Waals surface area contributed by atoms with Gasteiger partial charge in [-0.05, 0) is 61.2 Å². The summed E-state index contributed by atoms with van der Waals surface area (Å²) in [6, 6.07) is 15.0. The summed E-state index contributed by atoms with van der Waals surface area (Å²) < 4.78 is 7.90. The van der Waals surface area contributed by atoms with E-state index in [1.54, 1.807) is 11.3 Å². The van der Waals surface area contributed by atoms with Crippen molar-refractivity contribution in [1.82, 2.24) is 9.47 Å². The van der Waals surface area contributed by atoms with Gasteiger partial charge in [-0.15, -0.1) is 11.3 Å². The summed E-state index contributed by atoms with van der Waals surface area (Å²) in [5.74, 6) is 0.504. The summed E-state index contributed by atoms with van der Waals surface area (Å²) in [4.78, 5) is 17.0. The van der Waals surface area contributed by atoms with Crippen LogP contribution in [0, 0.1) is 25.2 Å². The molecule has 3 aromatic rings. The number of nitriles is 1. The molecule has 34 heavy (non-hydrogen) atoms. The molecule has 5 rings (SSSR count). The first kappa shape index (κ1) is 22.9. The molecule has 0 spiro atoms. The average molecular weight is 475 g/mol. The minimum absolute atomic E-state index is 0.0551. The molecule has 0 unspecified atom stereocenters. The number of anilines is 1. The summed E-state index contributed by atoms with van der Waals surface area (Å²) in [5.41, 5.74) is 4.95. The molecule has 1 aromatic carbocycles. The first-order chi connectivity index (χ1) is 16.6. The predicted octanol–water partition coefficient (Wildman–Crippen LogP) is 4.80. The van der Waals surface area contributed by atoms with Crippen molar-refractivity contribution in [3.05, 3.63) is 74.6 Å². The minimum atomic E-state index is -0.0952. The number of carbonyl (C=O) groups is 1. The van der Waals surface area contributed by atoms with E-state index in [2.05, 4.69) is 56.6 Å². The lowest BCUT2D eigenvalue weighted by atomic mass is 9.93. The van der Waals surface area contributed by atoms with Gasteiger partial charge in [0.05, 0.1) is 30.8 Å². The molecule has 0 aliphatic carbocycles. The molecule has 2 aromatic heterocycles. The quantitative estimate of drug-likeness (QED) is 0.557. The molecular formula is C27H30N4O2S. The topological polar surface area (TPSA) is 70.3 Å². The number of thiophene rings is 1. The van der Waals surface area contributed by atoms with Crippen molar-refractivity contribution in [3.63, 3.8) is 0 Å². The van der Waals surface area contributed by atoms with E-state index in [9.17, 15) is 10.1 Å². The van der Waals surface area contributed by atoms with Gasteiger partial charge in [0.2, 0.25) is 5.91 Å². The lowest BCUT2D eigenvalue weighted by molar-refractivity contribution is -0.117. The maximum absolute atomic E-state index is 13.4. The standard InChI is InChI=1S/C27H30N4O2S/c1-18-19(2)31(16-21-9-6-13-33-21)27(23(18)15-28)29-25(32)17-30-12-10-24-22(11-14-34-24)26(30)20-7-4-3-5-8-20/h3-5,7-8,11,14,21,26H,6,9-10,12-13,16-17H2,1-2H3,(H,29,32)/t21-,26-/m1/s1. The molecule has 1 amide bonds. The predicted molar refractivity (Wildman–Crippen MR) is 134 cm³/mol. The molecule has 176 valence electrons. The van der Waals surface area contributed by atoms with Crippen LogP contribution in [0.25, 0.3) is 0 Å². The molecule has 7 heteroatoms. The van der Waals surface area contributed by atoms with Crippen molar-refractivity contribution >= 4 is 23.1 Å². The number of benzene rings is 1. The molecule has 2 atom stereocenters. The fourth-order valence-electron chi connectivity index (χ4n) is 5.27. The zero-order chi connectivity index (χ0) is 23.7. The molecule has 1 fully saturated rings. The van der Waals surface area contributed by atoms with Crippen LogP contribution >= 0.6 is 11.3 Å². The third kappa shape index (κ3) is 4.29. The Morgan fingerprint density at radius 3 is 2.82 bits per heavy atom. The molecule has 4 heterocycles. The number of rotatable bonds is 6. The number of hydrogen-bond donors (Lipinski definition) is 1.